The molecule has 0 spiro atoms. The molecule has 0 saturated heterocycles. The number of para-hydroxylation sites is 1. The summed E-state index contributed by atoms with van der Waals surface area (Å²) < 4.78 is 23.3. The predicted octanol–water partition coefficient (Wildman–Crippen LogP) is 6.18. The molecule has 6 nitrogen and oxygen atoms in total. The molecule has 35 heavy (non-hydrogen) atoms. The van der Waals surface area contributed by atoms with Gasteiger partial charge in [-0.1, -0.05) is 83.6 Å². The van der Waals surface area contributed by atoms with Crippen LogP contribution in [0, 0.1) is 0 Å². The number of hydrogen-bond donors (Lipinski definition) is 4. The molecule has 0 bridgehead atoms. The van der Waals surface area contributed by atoms with Gasteiger partial charge in [0.25, 0.3) is 11.8 Å². The Morgan fingerprint density at radius 3 is 1.94 bits per heavy atom. The minimum Gasteiger partial charge on any atom is -0.322 e. The zero-order valence-electron chi connectivity index (χ0n) is 18.9. The van der Waals surface area contributed by atoms with E-state index >= 15 is 0 Å². The Morgan fingerprint density at radius 1 is 0.686 bits per heavy atom. The van der Waals surface area contributed by atoms with Gasteiger partial charge in [-0.3, -0.25) is 18.7 Å². The molecular weight excluding hydrogens is 460 g/mol. The van der Waals surface area contributed by atoms with Gasteiger partial charge in [0.1, 0.15) is 0 Å². The number of amides is 2. The summed E-state index contributed by atoms with van der Waals surface area (Å²) in [5, 5.41) is 2.87. The fraction of sp³-hybridized carbons (Fsp3) is 0.0714. The van der Waals surface area contributed by atoms with Crippen LogP contribution in [-0.4, -0.2) is 20.9 Å². The van der Waals surface area contributed by atoms with Crippen LogP contribution in [0.4, 0.5) is 5.69 Å². The monoisotopic (exact) mass is 486 g/mol. The Morgan fingerprint density at radius 2 is 1.29 bits per heavy atom. The van der Waals surface area contributed by atoms with Crippen molar-refractivity contribution in [3.05, 3.63) is 131 Å². The normalized spacial score (nSPS) is 11.5. The summed E-state index contributed by atoms with van der Waals surface area (Å²) >= 11 is 0. The van der Waals surface area contributed by atoms with E-state index in [1.165, 1.54) is 18.2 Å². The summed E-state index contributed by atoms with van der Waals surface area (Å²) in [5.74, 6) is -1.03. The van der Waals surface area contributed by atoms with Crippen molar-refractivity contribution in [3.8, 4) is 0 Å². The van der Waals surface area contributed by atoms with Crippen molar-refractivity contribution >= 4 is 28.3 Å². The highest BCUT2D eigenvalue weighted by atomic mass is 32.3. The molecule has 4 rings (SSSR count). The van der Waals surface area contributed by atoms with Gasteiger partial charge in [-0.15, -0.1) is 0 Å². The second-order valence-corrected chi connectivity index (χ2v) is 9.74. The van der Waals surface area contributed by atoms with Crippen molar-refractivity contribution in [2.45, 2.75) is 17.7 Å². The van der Waals surface area contributed by atoms with Crippen molar-refractivity contribution < 1.29 is 18.7 Å². The molecule has 0 aliphatic rings. The highest BCUT2D eigenvalue weighted by Crippen LogP contribution is 2.43. The Hall–Kier alpha value is -3.91. The van der Waals surface area contributed by atoms with Crippen molar-refractivity contribution in [1.29, 1.82) is 0 Å². The van der Waals surface area contributed by atoms with E-state index in [4.69, 9.17) is 0 Å². The van der Waals surface area contributed by atoms with E-state index in [1.807, 2.05) is 48.5 Å². The maximum absolute atomic E-state index is 13.2. The first-order chi connectivity index (χ1) is 16.9. The van der Waals surface area contributed by atoms with Gasteiger partial charge in [0.15, 0.2) is 0 Å². The third kappa shape index (κ3) is 6.36. The van der Waals surface area contributed by atoms with E-state index < -0.39 is 16.7 Å². The Balaban J connectivity index is 1.60. The lowest BCUT2D eigenvalue weighted by Crippen LogP contribution is -2.28. The summed E-state index contributed by atoms with van der Waals surface area (Å²) in [6, 6.07) is 32.0. The van der Waals surface area contributed by atoms with Crippen molar-refractivity contribution in [2.75, 3.05) is 5.32 Å². The van der Waals surface area contributed by atoms with Gasteiger partial charge in [0.05, 0.1) is 4.90 Å². The number of rotatable bonds is 8. The Kier molecular flexibility index (Phi) is 7.62. The third-order valence-corrected chi connectivity index (χ3v) is 6.88. The highest BCUT2D eigenvalue weighted by molar-refractivity contribution is 8.23. The van der Waals surface area contributed by atoms with E-state index in [2.05, 4.69) is 10.0 Å². The fourth-order valence-corrected chi connectivity index (χ4v) is 4.68. The molecule has 4 aromatic rings. The number of nitrogens with one attached hydrogen (secondary N) is 2. The largest absolute Gasteiger partial charge is 0.322 e. The Bertz CT molecular complexity index is 1300. The first-order valence-corrected chi connectivity index (χ1v) is 12.7. The molecule has 0 unspecified atom stereocenters. The van der Waals surface area contributed by atoms with Crippen LogP contribution in [-0.2, 0) is 12.8 Å². The van der Waals surface area contributed by atoms with Crippen LogP contribution < -0.4 is 10.0 Å². The second-order valence-electron chi connectivity index (χ2n) is 7.97. The zero-order valence-corrected chi connectivity index (χ0v) is 19.7. The molecule has 0 aromatic heterocycles. The summed E-state index contributed by atoms with van der Waals surface area (Å²) in [6.07, 6.45) is 1.33. The van der Waals surface area contributed by atoms with Gasteiger partial charge in [0, 0.05) is 16.8 Å². The van der Waals surface area contributed by atoms with Crippen molar-refractivity contribution in [3.63, 3.8) is 0 Å². The minimum atomic E-state index is -3.55. The molecule has 0 heterocycles. The molecule has 0 aliphatic carbocycles. The standard InChI is InChI=1S/C28H26N2O4S/c31-27(30-35(33,34)25-14-8-3-9-15-25)23-19-18-22(17-16-21-10-4-1-5-11-21)26(20-23)28(32)29-24-12-6-2-7-13-24/h1-15,18-20,33-34H,16-17H2,(H,29,32)(H,30,31). The SMILES string of the molecule is O=C(NS(O)(O)c1ccccc1)c1ccc(CCc2ccccc2)c(C(=O)Nc2ccccc2)c1. The van der Waals surface area contributed by atoms with Crippen molar-refractivity contribution in [2.24, 2.45) is 0 Å². The number of anilines is 1. The summed E-state index contributed by atoms with van der Waals surface area (Å²) in [5.41, 5.74) is 3.07. The number of carbonyl (C=O) groups is 2. The average molecular weight is 487 g/mol. The quantitative estimate of drug-likeness (QED) is 0.239. The zero-order chi connectivity index (χ0) is 24.7. The highest BCUT2D eigenvalue weighted by Gasteiger charge is 2.21. The molecule has 0 fully saturated rings. The van der Waals surface area contributed by atoms with Gasteiger partial charge in [0.2, 0.25) is 0 Å². The molecule has 0 radical (unpaired) electrons. The molecule has 0 saturated carbocycles. The number of carbonyl (C=O) groups excluding carboxylic acids is 2. The van der Waals surface area contributed by atoms with Crippen LogP contribution >= 0.6 is 10.8 Å². The van der Waals surface area contributed by atoms with E-state index in [0.717, 1.165) is 17.5 Å². The molecule has 178 valence electrons. The Labute approximate surface area is 206 Å². The predicted molar refractivity (Wildman–Crippen MR) is 140 cm³/mol. The molecule has 0 atom stereocenters. The smallest absolute Gasteiger partial charge is 0.269 e. The minimum absolute atomic E-state index is 0.155. The number of aryl methyl sites for hydroxylation is 2. The fourth-order valence-electron chi connectivity index (χ4n) is 3.65. The van der Waals surface area contributed by atoms with Crippen LogP contribution in [0.15, 0.2) is 114 Å². The number of benzene rings is 4. The topological polar surface area (TPSA) is 98.7 Å². The average Bonchev–Trinajstić information content (AvgIpc) is 2.89. The molecular formula is C28H26N2O4S. The van der Waals surface area contributed by atoms with Crippen molar-refractivity contribution in [1.82, 2.24) is 4.72 Å². The van der Waals surface area contributed by atoms with Gasteiger partial charge in [-0.05, 0) is 60.4 Å². The van der Waals surface area contributed by atoms with E-state index in [1.54, 1.807) is 42.5 Å². The molecule has 7 heteroatoms. The summed E-state index contributed by atoms with van der Waals surface area (Å²) in [6.45, 7) is 0. The maximum atomic E-state index is 13.2. The van der Waals surface area contributed by atoms with Gasteiger partial charge >= 0.3 is 0 Å². The lowest BCUT2D eigenvalue weighted by molar-refractivity contribution is 0.0978. The first kappa shape index (κ1) is 24.2. The van der Waals surface area contributed by atoms with Crippen LogP contribution in [0.5, 0.6) is 0 Å². The first-order valence-electron chi connectivity index (χ1n) is 11.1. The van der Waals surface area contributed by atoms with Crippen LogP contribution in [0.1, 0.15) is 31.8 Å². The third-order valence-electron chi connectivity index (χ3n) is 5.48. The van der Waals surface area contributed by atoms with E-state index in [9.17, 15) is 18.7 Å². The van der Waals surface area contributed by atoms with Crippen LogP contribution in [0.3, 0.4) is 0 Å². The van der Waals surface area contributed by atoms with Crippen LogP contribution in [0.25, 0.3) is 0 Å². The molecule has 0 aliphatic heterocycles. The van der Waals surface area contributed by atoms with E-state index in [-0.39, 0.29) is 16.4 Å². The maximum Gasteiger partial charge on any atom is 0.269 e. The lowest BCUT2D eigenvalue weighted by atomic mass is 9.97. The van der Waals surface area contributed by atoms with Gasteiger partial charge in [-0.25, -0.2) is 4.72 Å². The molecule has 2 amide bonds. The molecule has 4 N–H and O–H groups in total. The summed E-state index contributed by atoms with van der Waals surface area (Å²) in [7, 11) is -3.55. The van der Waals surface area contributed by atoms with E-state index in [0.29, 0.717) is 17.7 Å². The van der Waals surface area contributed by atoms with Gasteiger partial charge < -0.3 is 5.32 Å². The second kappa shape index (κ2) is 11.0. The van der Waals surface area contributed by atoms with Crippen LogP contribution in [0.2, 0.25) is 0 Å². The molecule has 4 aromatic carbocycles. The van der Waals surface area contributed by atoms with Gasteiger partial charge in [-0.2, -0.15) is 0 Å². The lowest BCUT2D eigenvalue weighted by Gasteiger charge is -2.32. The number of hydrogen-bond acceptors (Lipinski definition) is 4. The summed E-state index contributed by atoms with van der Waals surface area (Å²) in [4.78, 5) is 26.3.